The Kier molecular flexibility index (Phi) is 4.80. The van der Waals surface area contributed by atoms with Crippen LogP contribution in [-0.4, -0.2) is 50.0 Å². The Balaban J connectivity index is 1.54. The molecule has 1 aromatic carbocycles. The molecule has 24 heavy (non-hydrogen) atoms. The monoisotopic (exact) mass is 348 g/mol. The normalized spacial score (nSPS) is 15.5. The van der Waals surface area contributed by atoms with Gasteiger partial charge in [0.15, 0.2) is 5.69 Å². The van der Waals surface area contributed by atoms with Gasteiger partial charge in [0.05, 0.1) is 6.20 Å². The van der Waals surface area contributed by atoms with Crippen LogP contribution in [0.5, 0.6) is 0 Å². The summed E-state index contributed by atoms with van der Waals surface area (Å²) in [5.41, 5.74) is 1.08. The first-order valence-electron chi connectivity index (χ1n) is 7.69. The molecule has 7 nitrogen and oxygen atoms in total. The van der Waals surface area contributed by atoms with Crippen molar-refractivity contribution in [3.05, 3.63) is 46.7 Å². The molecular formula is C16H17ClN4O3. The molecule has 126 valence electrons. The molecule has 1 aromatic heterocycles. The molecule has 0 saturated carbocycles. The Morgan fingerprint density at radius 2 is 1.88 bits per heavy atom. The number of aromatic carboxylic acids is 1. The quantitative estimate of drug-likeness (QED) is 0.913. The predicted molar refractivity (Wildman–Crippen MR) is 87.0 cm³/mol. The van der Waals surface area contributed by atoms with Crippen LogP contribution in [0.15, 0.2) is 30.5 Å². The smallest absolute Gasteiger partial charge is 0.358 e. The summed E-state index contributed by atoms with van der Waals surface area (Å²) in [6.45, 7) is 1.35. The molecule has 1 amide bonds. The van der Waals surface area contributed by atoms with Crippen LogP contribution in [0.4, 0.5) is 0 Å². The van der Waals surface area contributed by atoms with Crippen molar-refractivity contribution in [3.8, 4) is 0 Å². The van der Waals surface area contributed by atoms with Gasteiger partial charge in [-0.1, -0.05) is 28.9 Å². The number of amides is 1. The van der Waals surface area contributed by atoms with Crippen molar-refractivity contribution in [3.63, 3.8) is 0 Å². The van der Waals surface area contributed by atoms with Crippen molar-refractivity contribution in [2.75, 3.05) is 13.1 Å². The van der Waals surface area contributed by atoms with E-state index >= 15 is 0 Å². The highest BCUT2D eigenvalue weighted by atomic mass is 35.5. The molecule has 0 atom stereocenters. The van der Waals surface area contributed by atoms with E-state index in [1.54, 1.807) is 4.90 Å². The zero-order valence-corrected chi connectivity index (χ0v) is 13.7. The maximum Gasteiger partial charge on any atom is 0.358 e. The number of hydrogen-bond acceptors (Lipinski definition) is 4. The van der Waals surface area contributed by atoms with Crippen LogP contribution in [-0.2, 0) is 11.3 Å². The van der Waals surface area contributed by atoms with E-state index < -0.39 is 5.97 Å². The molecule has 2 heterocycles. The van der Waals surface area contributed by atoms with Gasteiger partial charge in [0.2, 0.25) is 5.91 Å². The topological polar surface area (TPSA) is 88.3 Å². The average Bonchev–Trinajstić information content (AvgIpc) is 3.04. The van der Waals surface area contributed by atoms with Gasteiger partial charge < -0.3 is 10.0 Å². The van der Waals surface area contributed by atoms with Gasteiger partial charge in [-0.15, -0.1) is 5.10 Å². The molecule has 0 unspecified atom stereocenters. The van der Waals surface area contributed by atoms with E-state index in [-0.39, 0.29) is 18.1 Å². The highest BCUT2D eigenvalue weighted by Crippen LogP contribution is 2.28. The zero-order valence-electron chi connectivity index (χ0n) is 12.9. The van der Waals surface area contributed by atoms with Crippen LogP contribution in [0.1, 0.15) is 34.8 Å². The minimum absolute atomic E-state index is 0.00584. The van der Waals surface area contributed by atoms with E-state index in [1.165, 1.54) is 16.4 Å². The summed E-state index contributed by atoms with van der Waals surface area (Å²) < 4.78 is 1.26. The summed E-state index contributed by atoms with van der Waals surface area (Å²) >= 11 is 5.91. The van der Waals surface area contributed by atoms with Crippen molar-refractivity contribution in [1.29, 1.82) is 0 Å². The van der Waals surface area contributed by atoms with Gasteiger partial charge in [-0.25, -0.2) is 9.48 Å². The molecular weight excluding hydrogens is 332 g/mol. The van der Waals surface area contributed by atoms with Gasteiger partial charge in [0.1, 0.15) is 6.54 Å². The maximum absolute atomic E-state index is 12.3. The Labute approximate surface area is 143 Å². The fraction of sp³-hybridized carbons (Fsp3) is 0.375. The number of benzene rings is 1. The number of carbonyl (C=O) groups excluding carboxylic acids is 1. The number of likely N-dealkylation sites (tertiary alicyclic amines) is 1. The second-order valence-electron chi connectivity index (χ2n) is 5.81. The summed E-state index contributed by atoms with van der Waals surface area (Å²) in [6.07, 6.45) is 3.05. The third-order valence-corrected chi connectivity index (χ3v) is 4.50. The second kappa shape index (κ2) is 7.00. The van der Waals surface area contributed by atoms with Gasteiger partial charge in [0.25, 0.3) is 0 Å². The molecule has 1 N–H and O–H groups in total. The Morgan fingerprint density at radius 3 is 2.46 bits per heavy atom. The lowest BCUT2D eigenvalue weighted by Crippen LogP contribution is -2.39. The molecule has 3 rings (SSSR count). The van der Waals surface area contributed by atoms with Gasteiger partial charge >= 0.3 is 5.97 Å². The lowest BCUT2D eigenvalue weighted by Gasteiger charge is -2.32. The highest BCUT2D eigenvalue weighted by Gasteiger charge is 2.24. The number of aromatic nitrogens is 3. The van der Waals surface area contributed by atoms with Crippen LogP contribution < -0.4 is 0 Å². The van der Waals surface area contributed by atoms with E-state index in [2.05, 4.69) is 10.3 Å². The van der Waals surface area contributed by atoms with E-state index in [1.807, 2.05) is 24.3 Å². The third kappa shape index (κ3) is 3.73. The van der Waals surface area contributed by atoms with Crippen LogP contribution in [0.3, 0.4) is 0 Å². The number of nitrogens with zero attached hydrogens (tertiary/aromatic N) is 4. The lowest BCUT2D eigenvalue weighted by atomic mass is 9.89. The summed E-state index contributed by atoms with van der Waals surface area (Å²) in [5, 5.41) is 16.7. The van der Waals surface area contributed by atoms with E-state index in [0.29, 0.717) is 19.0 Å². The molecule has 0 spiro atoms. The molecule has 1 saturated heterocycles. The molecule has 8 heteroatoms. The largest absolute Gasteiger partial charge is 0.476 e. The van der Waals surface area contributed by atoms with E-state index in [4.69, 9.17) is 16.7 Å². The Morgan fingerprint density at radius 1 is 1.21 bits per heavy atom. The average molecular weight is 349 g/mol. The molecule has 0 bridgehead atoms. The number of halogens is 1. The van der Waals surface area contributed by atoms with Crippen molar-refractivity contribution >= 4 is 23.5 Å². The van der Waals surface area contributed by atoms with E-state index in [9.17, 15) is 9.59 Å². The van der Waals surface area contributed by atoms with Gasteiger partial charge in [-0.3, -0.25) is 4.79 Å². The molecule has 0 radical (unpaired) electrons. The predicted octanol–water partition coefficient (Wildman–Crippen LogP) is 2.04. The zero-order chi connectivity index (χ0) is 17.1. The number of piperidine rings is 1. The van der Waals surface area contributed by atoms with E-state index in [0.717, 1.165) is 17.9 Å². The number of rotatable bonds is 4. The first-order chi connectivity index (χ1) is 11.5. The van der Waals surface area contributed by atoms with Crippen LogP contribution in [0.25, 0.3) is 0 Å². The highest BCUT2D eigenvalue weighted by molar-refractivity contribution is 6.30. The van der Waals surface area contributed by atoms with Crippen molar-refractivity contribution in [2.45, 2.75) is 25.3 Å². The molecule has 1 fully saturated rings. The molecule has 0 aliphatic carbocycles. The standard InChI is InChI=1S/C16H17ClN4O3/c17-13-3-1-11(2-4-13)12-5-7-20(8-6-12)15(22)10-21-9-14(16(23)24)18-19-21/h1-4,9,12H,5-8,10H2,(H,23,24). The van der Waals surface area contributed by atoms with Crippen LogP contribution >= 0.6 is 11.6 Å². The van der Waals surface area contributed by atoms with Crippen molar-refractivity contribution in [2.24, 2.45) is 0 Å². The maximum atomic E-state index is 12.3. The summed E-state index contributed by atoms with van der Waals surface area (Å²) in [5.74, 6) is -0.805. The number of carbonyl (C=O) groups is 2. The summed E-state index contributed by atoms with van der Waals surface area (Å²) in [6, 6.07) is 7.85. The van der Waals surface area contributed by atoms with Crippen LogP contribution in [0.2, 0.25) is 5.02 Å². The summed E-state index contributed by atoms with van der Waals surface area (Å²) in [4.78, 5) is 24.9. The van der Waals surface area contributed by atoms with Crippen molar-refractivity contribution in [1.82, 2.24) is 19.9 Å². The molecule has 2 aromatic rings. The molecule has 1 aliphatic heterocycles. The Hall–Kier alpha value is -2.41. The fourth-order valence-electron chi connectivity index (χ4n) is 2.91. The minimum atomic E-state index is -1.16. The third-order valence-electron chi connectivity index (χ3n) is 4.24. The number of hydrogen-bond donors (Lipinski definition) is 1. The van der Waals surface area contributed by atoms with Gasteiger partial charge in [-0.05, 0) is 36.5 Å². The van der Waals surface area contributed by atoms with Gasteiger partial charge in [-0.2, -0.15) is 0 Å². The lowest BCUT2D eigenvalue weighted by molar-refractivity contribution is -0.133. The first-order valence-corrected chi connectivity index (χ1v) is 8.07. The first kappa shape index (κ1) is 16.4. The number of carboxylic acid groups (broad SMARTS) is 1. The van der Waals surface area contributed by atoms with Crippen molar-refractivity contribution < 1.29 is 14.7 Å². The number of carboxylic acids is 1. The SMILES string of the molecule is O=C(O)c1cn(CC(=O)N2CCC(c3ccc(Cl)cc3)CC2)nn1. The second-order valence-corrected chi connectivity index (χ2v) is 6.25. The minimum Gasteiger partial charge on any atom is -0.476 e. The summed E-state index contributed by atoms with van der Waals surface area (Å²) in [7, 11) is 0. The van der Waals surface area contributed by atoms with Gasteiger partial charge in [0, 0.05) is 18.1 Å². The molecule has 1 aliphatic rings. The fourth-order valence-corrected chi connectivity index (χ4v) is 3.04. The Bertz CT molecular complexity index is 736. The van der Waals surface area contributed by atoms with Crippen LogP contribution in [0, 0.1) is 0 Å².